The molecule has 1 atom stereocenters. The first-order valence-corrected chi connectivity index (χ1v) is 4.99. The Balaban J connectivity index is 2.49. The second kappa shape index (κ2) is 3.04. The van der Waals surface area contributed by atoms with Crippen LogP contribution in [0.15, 0.2) is 24.3 Å². The zero-order chi connectivity index (χ0) is 10.3. The summed E-state index contributed by atoms with van der Waals surface area (Å²) in [5, 5.41) is 0. The lowest BCUT2D eigenvalue weighted by Gasteiger charge is -2.15. The highest BCUT2D eigenvalue weighted by molar-refractivity contribution is 5.39. The van der Waals surface area contributed by atoms with Gasteiger partial charge in [-0.1, -0.05) is 38.1 Å². The molecule has 0 aromatic heterocycles. The lowest BCUT2D eigenvalue weighted by atomic mass is 9.90. The summed E-state index contributed by atoms with van der Waals surface area (Å²) in [5.74, 6) is -2.32. The molecule has 1 aromatic carbocycles. The van der Waals surface area contributed by atoms with Crippen molar-refractivity contribution in [1.29, 1.82) is 0 Å². The molecule has 0 heterocycles. The van der Waals surface area contributed by atoms with Crippen LogP contribution in [-0.4, -0.2) is 0 Å². The maximum atomic E-state index is 13.5. The van der Waals surface area contributed by atoms with E-state index >= 15 is 0 Å². The van der Waals surface area contributed by atoms with Gasteiger partial charge in [0.05, 0.1) is 0 Å². The van der Waals surface area contributed by atoms with Gasteiger partial charge in [-0.2, -0.15) is 0 Å². The fraction of sp³-hybridized carbons (Fsp3) is 0.500. The highest BCUT2D eigenvalue weighted by Crippen LogP contribution is 2.50. The van der Waals surface area contributed by atoms with Crippen molar-refractivity contribution in [1.82, 2.24) is 0 Å². The first kappa shape index (κ1) is 9.63. The van der Waals surface area contributed by atoms with E-state index in [0.717, 1.165) is 5.56 Å². The maximum absolute atomic E-state index is 13.5. The summed E-state index contributed by atoms with van der Waals surface area (Å²) in [6.45, 7) is 4.01. The van der Waals surface area contributed by atoms with Crippen LogP contribution in [-0.2, 0) is 5.92 Å². The monoisotopic (exact) mass is 196 g/mol. The highest BCUT2D eigenvalue weighted by atomic mass is 19.3. The summed E-state index contributed by atoms with van der Waals surface area (Å²) in [5.41, 5.74) is 1.08. The van der Waals surface area contributed by atoms with Gasteiger partial charge in [0.1, 0.15) is 0 Å². The lowest BCUT2D eigenvalue weighted by molar-refractivity contribution is -0.00958. The molecule has 76 valence electrons. The fourth-order valence-corrected chi connectivity index (χ4v) is 2.24. The van der Waals surface area contributed by atoms with Crippen molar-refractivity contribution in [2.75, 3.05) is 0 Å². The molecule has 2 rings (SSSR count). The molecule has 1 aliphatic carbocycles. The number of rotatable bonds is 1. The Hall–Kier alpha value is -0.920. The minimum atomic E-state index is -2.62. The fourth-order valence-electron chi connectivity index (χ4n) is 2.24. The van der Waals surface area contributed by atoms with E-state index in [4.69, 9.17) is 0 Å². The Kier molecular flexibility index (Phi) is 2.09. The molecule has 0 fully saturated rings. The van der Waals surface area contributed by atoms with Gasteiger partial charge in [-0.25, -0.2) is 8.78 Å². The summed E-state index contributed by atoms with van der Waals surface area (Å²) in [7, 11) is 0. The molecule has 14 heavy (non-hydrogen) atoms. The number of benzene rings is 1. The summed E-state index contributed by atoms with van der Waals surface area (Å²) < 4.78 is 27.1. The van der Waals surface area contributed by atoms with Gasteiger partial charge in [0.15, 0.2) is 0 Å². The van der Waals surface area contributed by atoms with E-state index < -0.39 is 5.92 Å². The predicted molar refractivity (Wildman–Crippen MR) is 52.5 cm³/mol. The number of alkyl halides is 2. The number of hydrogen-bond donors (Lipinski definition) is 0. The Bertz CT molecular complexity index is 342. The van der Waals surface area contributed by atoms with Gasteiger partial charge in [0, 0.05) is 12.0 Å². The van der Waals surface area contributed by atoms with Crippen molar-refractivity contribution >= 4 is 0 Å². The van der Waals surface area contributed by atoms with Crippen molar-refractivity contribution in [3.63, 3.8) is 0 Å². The Labute approximate surface area is 82.9 Å². The minimum Gasteiger partial charge on any atom is -0.201 e. The van der Waals surface area contributed by atoms with Crippen molar-refractivity contribution in [2.45, 2.75) is 32.1 Å². The van der Waals surface area contributed by atoms with Crippen molar-refractivity contribution in [3.8, 4) is 0 Å². The molecule has 0 N–H and O–H groups in total. The van der Waals surface area contributed by atoms with E-state index in [2.05, 4.69) is 0 Å². The molecule has 0 spiro atoms. The number of fused-ring (bicyclic) bond motifs is 1. The van der Waals surface area contributed by atoms with Crippen LogP contribution in [0, 0.1) is 5.92 Å². The molecule has 0 saturated heterocycles. The van der Waals surface area contributed by atoms with Gasteiger partial charge >= 0.3 is 0 Å². The van der Waals surface area contributed by atoms with Crippen molar-refractivity contribution < 1.29 is 8.78 Å². The number of hydrogen-bond acceptors (Lipinski definition) is 0. The molecule has 1 unspecified atom stereocenters. The van der Waals surface area contributed by atoms with Crippen LogP contribution in [0.5, 0.6) is 0 Å². The molecular weight excluding hydrogens is 182 g/mol. The first-order valence-electron chi connectivity index (χ1n) is 4.99. The van der Waals surface area contributed by atoms with E-state index in [1.54, 1.807) is 12.1 Å². The molecule has 0 bridgehead atoms. The highest BCUT2D eigenvalue weighted by Gasteiger charge is 2.45. The summed E-state index contributed by atoms with van der Waals surface area (Å²) in [6.07, 6.45) is -0.0238. The van der Waals surface area contributed by atoms with E-state index in [9.17, 15) is 8.78 Å². The second-order valence-corrected chi connectivity index (χ2v) is 4.35. The van der Waals surface area contributed by atoms with Gasteiger partial charge in [0.25, 0.3) is 5.92 Å². The maximum Gasteiger partial charge on any atom is 0.274 e. The second-order valence-electron chi connectivity index (χ2n) is 4.35. The van der Waals surface area contributed by atoms with E-state index in [1.807, 2.05) is 26.0 Å². The largest absolute Gasteiger partial charge is 0.274 e. The van der Waals surface area contributed by atoms with Crippen LogP contribution in [0.3, 0.4) is 0 Å². The zero-order valence-electron chi connectivity index (χ0n) is 8.43. The van der Waals surface area contributed by atoms with Gasteiger partial charge in [-0.3, -0.25) is 0 Å². The lowest BCUT2D eigenvalue weighted by Crippen LogP contribution is -2.09. The Morgan fingerprint density at radius 1 is 1.29 bits per heavy atom. The van der Waals surface area contributed by atoms with E-state index in [-0.39, 0.29) is 23.8 Å². The average molecular weight is 196 g/mol. The molecule has 0 aliphatic heterocycles. The molecule has 1 aliphatic rings. The molecule has 0 amide bonds. The minimum absolute atomic E-state index is 0.0150. The standard InChI is InChI=1S/C12H14F2/c1-8(2)10-7-12(13,14)11-6-4-3-5-9(10)11/h3-6,8,10H,7H2,1-2H3. The SMILES string of the molecule is CC(C)C1CC(F)(F)c2ccccc21. The summed E-state index contributed by atoms with van der Waals surface area (Å²) in [4.78, 5) is 0. The van der Waals surface area contributed by atoms with Crippen molar-refractivity contribution in [3.05, 3.63) is 35.4 Å². The van der Waals surface area contributed by atoms with Gasteiger partial charge in [-0.15, -0.1) is 0 Å². The Morgan fingerprint density at radius 2 is 1.93 bits per heavy atom. The molecule has 0 radical (unpaired) electrons. The van der Waals surface area contributed by atoms with Crippen LogP contribution >= 0.6 is 0 Å². The van der Waals surface area contributed by atoms with Gasteiger partial charge < -0.3 is 0 Å². The third-order valence-corrected chi connectivity index (χ3v) is 3.04. The normalized spacial score (nSPS) is 23.9. The molecule has 2 heteroatoms. The zero-order valence-corrected chi connectivity index (χ0v) is 8.43. The third kappa shape index (κ3) is 1.33. The van der Waals surface area contributed by atoms with Crippen LogP contribution < -0.4 is 0 Å². The average Bonchev–Trinajstić information content (AvgIpc) is 2.40. The quantitative estimate of drug-likeness (QED) is 0.638. The van der Waals surface area contributed by atoms with Crippen molar-refractivity contribution in [2.24, 2.45) is 5.92 Å². The number of halogens is 2. The van der Waals surface area contributed by atoms with E-state index in [0.29, 0.717) is 0 Å². The Morgan fingerprint density at radius 3 is 2.57 bits per heavy atom. The summed E-state index contributed by atoms with van der Waals surface area (Å²) >= 11 is 0. The van der Waals surface area contributed by atoms with Crippen LogP contribution in [0.2, 0.25) is 0 Å². The smallest absolute Gasteiger partial charge is 0.201 e. The molecule has 0 nitrogen and oxygen atoms in total. The third-order valence-electron chi connectivity index (χ3n) is 3.04. The molecular formula is C12H14F2. The van der Waals surface area contributed by atoms with Crippen LogP contribution in [0.25, 0.3) is 0 Å². The van der Waals surface area contributed by atoms with Gasteiger partial charge in [0.2, 0.25) is 0 Å². The summed E-state index contributed by atoms with van der Waals surface area (Å²) in [6, 6.07) is 6.92. The topological polar surface area (TPSA) is 0 Å². The molecule has 1 aromatic rings. The first-order chi connectivity index (χ1) is 6.52. The molecule has 0 saturated carbocycles. The predicted octanol–water partition coefficient (Wildman–Crippen LogP) is 3.92. The van der Waals surface area contributed by atoms with Crippen LogP contribution in [0.1, 0.15) is 37.3 Å². The van der Waals surface area contributed by atoms with Crippen LogP contribution in [0.4, 0.5) is 8.78 Å². The van der Waals surface area contributed by atoms with Gasteiger partial charge in [-0.05, 0) is 17.4 Å². The van der Waals surface area contributed by atoms with E-state index in [1.165, 1.54) is 0 Å².